The fraction of sp³-hybridized carbons (Fsp3) is 0.650. The van der Waals surface area contributed by atoms with E-state index in [1.54, 1.807) is 0 Å². The van der Waals surface area contributed by atoms with Gasteiger partial charge in [-0.2, -0.15) is 0 Å². The molecular formula is C20H28O3. The van der Waals surface area contributed by atoms with Crippen molar-refractivity contribution in [2.24, 2.45) is 11.3 Å². The number of rotatable bonds is 0. The zero-order valence-electron chi connectivity index (χ0n) is 14.5. The minimum atomic E-state index is -0.486. The minimum absolute atomic E-state index is 0.0111. The minimum Gasteiger partial charge on any atom is -0.454 e. The number of hydrogen-bond acceptors (Lipinski definition) is 3. The van der Waals surface area contributed by atoms with Crippen molar-refractivity contribution in [1.82, 2.24) is 0 Å². The van der Waals surface area contributed by atoms with E-state index in [9.17, 15) is 9.90 Å². The molecule has 0 saturated heterocycles. The summed E-state index contributed by atoms with van der Waals surface area (Å²) in [5, 5.41) is 10.2. The van der Waals surface area contributed by atoms with Gasteiger partial charge in [0.05, 0.1) is 6.10 Å². The van der Waals surface area contributed by atoms with Crippen molar-refractivity contribution in [2.75, 3.05) is 0 Å². The van der Waals surface area contributed by atoms with Crippen LogP contribution in [0.25, 0.3) is 0 Å². The van der Waals surface area contributed by atoms with Crippen molar-refractivity contribution in [3.05, 3.63) is 34.9 Å². The maximum Gasteiger partial charge on any atom is 0.334 e. The second kappa shape index (κ2) is 5.94. The Morgan fingerprint density at radius 3 is 2.70 bits per heavy atom. The van der Waals surface area contributed by atoms with Crippen LogP contribution in [0, 0.1) is 11.3 Å². The van der Waals surface area contributed by atoms with Gasteiger partial charge >= 0.3 is 5.97 Å². The number of hydrogen-bond donors (Lipinski definition) is 1. The van der Waals surface area contributed by atoms with Crippen LogP contribution in [0.4, 0.5) is 0 Å². The molecule has 3 aliphatic rings. The first-order chi connectivity index (χ1) is 10.8. The van der Waals surface area contributed by atoms with Crippen LogP contribution in [-0.2, 0) is 9.53 Å². The van der Waals surface area contributed by atoms with Gasteiger partial charge in [0.15, 0.2) is 0 Å². The molecule has 3 atom stereocenters. The van der Waals surface area contributed by atoms with Crippen LogP contribution >= 0.6 is 0 Å². The van der Waals surface area contributed by atoms with Gasteiger partial charge in [-0.05, 0) is 55.9 Å². The van der Waals surface area contributed by atoms with Crippen LogP contribution in [0.1, 0.15) is 59.3 Å². The van der Waals surface area contributed by atoms with Gasteiger partial charge in [0, 0.05) is 12.0 Å². The fourth-order valence-corrected chi connectivity index (χ4v) is 4.68. The Kier molecular flexibility index (Phi) is 4.26. The molecular weight excluding hydrogens is 288 g/mol. The van der Waals surface area contributed by atoms with Gasteiger partial charge < -0.3 is 9.84 Å². The van der Waals surface area contributed by atoms with E-state index in [4.69, 9.17) is 4.74 Å². The zero-order chi connectivity index (χ0) is 16.8. The van der Waals surface area contributed by atoms with E-state index in [0.29, 0.717) is 18.8 Å². The Morgan fingerprint density at radius 1 is 1.26 bits per heavy atom. The second-order valence-electron chi connectivity index (χ2n) is 8.02. The molecule has 0 fully saturated rings. The predicted octanol–water partition coefficient (Wildman–Crippen LogP) is 4.08. The van der Waals surface area contributed by atoms with E-state index in [1.807, 2.05) is 13.0 Å². The average Bonchev–Trinajstić information content (AvgIpc) is 2.73. The third kappa shape index (κ3) is 3.03. The lowest BCUT2D eigenvalue weighted by atomic mass is 9.62. The molecule has 0 spiro atoms. The highest BCUT2D eigenvalue weighted by Gasteiger charge is 2.48. The molecule has 0 unspecified atom stereocenters. The van der Waals surface area contributed by atoms with Gasteiger partial charge in [0.1, 0.15) is 6.10 Å². The highest BCUT2D eigenvalue weighted by molar-refractivity contribution is 5.93. The first kappa shape index (κ1) is 16.5. The second-order valence-corrected chi connectivity index (χ2v) is 8.02. The Morgan fingerprint density at radius 2 is 1.96 bits per heavy atom. The monoisotopic (exact) mass is 316 g/mol. The highest BCUT2D eigenvalue weighted by Crippen LogP contribution is 2.52. The quantitative estimate of drug-likeness (QED) is 0.541. The predicted molar refractivity (Wildman–Crippen MR) is 90.8 cm³/mol. The molecule has 1 heterocycles. The van der Waals surface area contributed by atoms with Crippen LogP contribution in [0.5, 0.6) is 0 Å². The van der Waals surface area contributed by atoms with Gasteiger partial charge in [0.25, 0.3) is 0 Å². The molecule has 0 radical (unpaired) electrons. The van der Waals surface area contributed by atoms with E-state index < -0.39 is 6.10 Å². The zero-order valence-corrected chi connectivity index (χ0v) is 14.5. The van der Waals surface area contributed by atoms with E-state index in [-0.39, 0.29) is 17.5 Å². The van der Waals surface area contributed by atoms with Gasteiger partial charge in [-0.1, -0.05) is 37.6 Å². The third-order valence-corrected chi connectivity index (χ3v) is 5.93. The number of aliphatic hydroxyl groups excluding tert-OH is 1. The van der Waals surface area contributed by atoms with Gasteiger partial charge in [-0.25, -0.2) is 4.79 Å². The number of fused-ring (bicyclic) bond motifs is 1. The summed E-state index contributed by atoms with van der Waals surface area (Å²) in [6.07, 6.45) is 6.47. The largest absolute Gasteiger partial charge is 0.454 e. The normalized spacial score (nSPS) is 36.7. The number of ether oxygens (including phenoxy) is 1. The molecule has 2 aliphatic carbocycles. The summed E-state index contributed by atoms with van der Waals surface area (Å²) in [5.74, 6) is 0.417. The topological polar surface area (TPSA) is 46.5 Å². The molecule has 1 N–H and O–H groups in total. The van der Waals surface area contributed by atoms with Crippen LogP contribution < -0.4 is 0 Å². The van der Waals surface area contributed by atoms with Crippen molar-refractivity contribution in [3.8, 4) is 0 Å². The van der Waals surface area contributed by atoms with E-state index >= 15 is 0 Å². The Balaban J connectivity index is 2.01. The average molecular weight is 316 g/mol. The van der Waals surface area contributed by atoms with Crippen LogP contribution in [-0.4, -0.2) is 23.3 Å². The number of carbonyl (C=O) groups excluding carboxylic acids is 1. The number of esters is 1. The van der Waals surface area contributed by atoms with Crippen LogP contribution in [0.2, 0.25) is 0 Å². The van der Waals surface area contributed by atoms with Crippen LogP contribution in [0.15, 0.2) is 34.9 Å². The van der Waals surface area contributed by atoms with E-state index in [2.05, 4.69) is 20.4 Å². The highest BCUT2D eigenvalue weighted by atomic mass is 16.5. The summed E-state index contributed by atoms with van der Waals surface area (Å²) in [6.45, 7) is 10.7. The summed E-state index contributed by atoms with van der Waals surface area (Å²) >= 11 is 0. The molecule has 1 aliphatic heterocycles. The molecule has 23 heavy (non-hydrogen) atoms. The molecule has 0 aromatic rings. The Bertz CT molecular complexity index is 594. The maximum atomic E-state index is 12.3. The van der Waals surface area contributed by atoms with Gasteiger partial charge in [-0.3, -0.25) is 0 Å². The molecule has 126 valence electrons. The fourth-order valence-electron chi connectivity index (χ4n) is 4.68. The summed E-state index contributed by atoms with van der Waals surface area (Å²) < 4.78 is 5.71. The SMILES string of the molecule is C=C1CC[C@@H]2CCC3=C([C@H](C/C(C)=C/[C@@H](O)C1)OC3=O)C2(C)C. The molecule has 0 aromatic heterocycles. The van der Waals surface area contributed by atoms with Crippen molar-refractivity contribution in [1.29, 1.82) is 0 Å². The molecule has 3 rings (SSSR count). The third-order valence-electron chi connectivity index (χ3n) is 5.93. The first-order valence-electron chi connectivity index (χ1n) is 8.75. The number of aliphatic hydroxyl groups is 1. The molecule has 3 heteroatoms. The van der Waals surface area contributed by atoms with Gasteiger partial charge in [-0.15, -0.1) is 0 Å². The van der Waals surface area contributed by atoms with Crippen molar-refractivity contribution < 1.29 is 14.6 Å². The maximum absolute atomic E-state index is 12.3. The molecule has 2 bridgehead atoms. The van der Waals surface area contributed by atoms with E-state index in [0.717, 1.165) is 42.4 Å². The Hall–Kier alpha value is -1.35. The van der Waals surface area contributed by atoms with Crippen molar-refractivity contribution in [2.45, 2.75) is 71.5 Å². The summed E-state index contributed by atoms with van der Waals surface area (Å²) in [7, 11) is 0. The number of carbonyl (C=O) groups is 1. The Labute approximate surface area is 139 Å². The molecule has 0 amide bonds. The van der Waals surface area contributed by atoms with E-state index in [1.165, 1.54) is 5.57 Å². The summed E-state index contributed by atoms with van der Waals surface area (Å²) in [5.41, 5.74) is 4.32. The van der Waals surface area contributed by atoms with Crippen LogP contribution in [0.3, 0.4) is 0 Å². The smallest absolute Gasteiger partial charge is 0.334 e. The lowest BCUT2D eigenvalue weighted by Crippen LogP contribution is -2.34. The van der Waals surface area contributed by atoms with Crippen molar-refractivity contribution in [3.63, 3.8) is 0 Å². The summed E-state index contributed by atoms with van der Waals surface area (Å²) in [4.78, 5) is 12.3. The molecule has 0 saturated carbocycles. The van der Waals surface area contributed by atoms with Gasteiger partial charge in [0.2, 0.25) is 0 Å². The standard InChI is InChI=1S/C20H28O3/c1-12-5-6-14-7-8-16-18(20(14,3)4)17(23-19(16)22)11-13(2)10-15(21)9-12/h10,14-15,17,21H,1,5-9,11H2,2-4H3/b13-10+/t14-,15+,17+/m1/s1. The lowest BCUT2D eigenvalue weighted by molar-refractivity contribution is -0.139. The first-order valence-corrected chi connectivity index (χ1v) is 8.75. The lowest BCUT2D eigenvalue weighted by Gasteiger charge is -2.41. The summed E-state index contributed by atoms with van der Waals surface area (Å²) in [6, 6.07) is 0. The molecule has 0 aromatic carbocycles. The molecule has 3 nitrogen and oxygen atoms in total. The van der Waals surface area contributed by atoms with Crippen molar-refractivity contribution >= 4 is 5.97 Å².